The summed E-state index contributed by atoms with van der Waals surface area (Å²) < 4.78 is 10.6. The van der Waals surface area contributed by atoms with Crippen LogP contribution in [0.25, 0.3) is 0 Å². The number of methoxy groups -OCH3 is 2. The van der Waals surface area contributed by atoms with Crippen molar-refractivity contribution in [2.45, 2.75) is 19.3 Å². The van der Waals surface area contributed by atoms with Crippen molar-refractivity contribution in [2.24, 2.45) is 0 Å². The van der Waals surface area contributed by atoms with Crippen LogP contribution < -0.4 is 14.8 Å². The van der Waals surface area contributed by atoms with Crippen LogP contribution in [0.1, 0.15) is 19.3 Å². The van der Waals surface area contributed by atoms with Crippen LogP contribution in [0.15, 0.2) is 12.1 Å². The van der Waals surface area contributed by atoms with Crippen molar-refractivity contribution in [1.29, 1.82) is 0 Å². The second kappa shape index (κ2) is 6.99. The number of halogens is 1. The number of likely N-dealkylation sites (tertiary alicyclic amines) is 1. The van der Waals surface area contributed by atoms with E-state index in [2.05, 4.69) is 10.2 Å². The van der Waals surface area contributed by atoms with E-state index >= 15 is 0 Å². The molecule has 1 aliphatic rings. The number of rotatable bonds is 3. The lowest BCUT2D eigenvalue weighted by molar-refractivity contribution is 0.346. The van der Waals surface area contributed by atoms with Crippen LogP contribution in [0.5, 0.6) is 11.5 Å². The van der Waals surface area contributed by atoms with Crippen LogP contribution in [0.3, 0.4) is 0 Å². The highest BCUT2D eigenvalue weighted by molar-refractivity contribution is 7.80. The van der Waals surface area contributed by atoms with Gasteiger partial charge >= 0.3 is 0 Å². The Morgan fingerprint density at radius 1 is 1.15 bits per heavy atom. The molecule has 0 saturated carbocycles. The predicted octanol–water partition coefficient (Wildman–Crippen LogP) is 3.54. The third-order valence-electron chi connectivity index (χ3n) is 3.36. The van der Waals surface area contributed by atoms with Gasteiger partial charge in [0, 0.05) is 25.2 Å². The SMILES string of the molecule is COc1cc(NC(=S)N2CCCCC2)c(OC)cc1Cl. The van der Waals surface area contributed by atoms with Crippen molar-refractivity contribution in [1.82, 2.24) is 4.90 Å². The van der Waals surface area contributed by atoms with Gasteiger partial charge in [-0.05, 0) is 31.5 Å². The zero-order chi connectivity index (χ0) is 14.5. The van der Waals surface area contributed by atoms with Crippen LogP contribution in [0, 0.1) is 0 Å². The maximum absolute atomic E-state index is 6.09. The number of benzene rings is 1. The fourth-order valence-electron chi connectivity index (χ4n) is 2.25. The molecule has 1 N–H and O–H groups in total. The number of nitrogens with zero attached hydrogens (tertiary/aromatic N) is 1. The number of piperidine rings is 1. The first-order valence-corrected chi connectivity index (χ1v) is 7.41. The van der Waals surface area contributed by atoms with Crippen molar-refractivity contribution in [3.8, 4) is 11.5 Å². The van der Waals surface area contributed by atoms with E-state index in [1.165, 1.54) is 19.3 Å². The molecule has 0 radical (unpaired) electrons. The van der Waals surface area contributed by atoms with Crippen LogP contribution >= 0.6 is 23.8 Å². The molecule has 0 aliphatic carbocycles. The Balaban J connectivity index is 2.16. The molecule has 0 atom stereocenters. The van der Waals surface area contributed by atoms with Crippen molar-refractivity contribution in [3.05, 3.63) is 17.2 Å². The average Bonchev–Trinajstić information content (AvgIpc) is 2.49. The Bertz CT molecular complexity index is 490. The molecule has 1 aromatic rings. The molecule has 110 valence electrons. The molecule has 1 fully saturated rings. The second-order valence-corrected chi connectivity index (χ2v) is 5.46. The monoisotopic (exact) mass is 314 g/mol. The van der Waals surface area contributed by atoms with Gasteiger partial charge in [-0.1, -0.05) is 11.6 Å². The van der Waals surface area contributed by atoms with E-state index in [-0.39, 0.29) is 0 Å². The van der Waals surface area contributed by atoms with Gasteiger partial charge < -0.3 is 19.7 Å². The molecule has 1 aliphatic heterocycles. The van der Waals surface area contributed by atoms with E-state index in [0.717, 1.165) is 18.8 Å². The summed E-state index contributed by atoms with van der Waals surface area (Å²) in [5.74, 6) is 1.24. The molecule has 2 rings (SSSR count). The highest BCUT2D eigenvalue weighted by Gasteiger charge is 2.16. The Labute approximate surface area is 130 Å². The summed E-state index contributed by atoms with van der Waals surface area (Å²) in [7, 11) is 3.19. The van der Waals surface area contributed by atoms with E-state index in [1.54, 1.807) is 26.4 Å². The van der Waals surface area contributed by atoms with Crippen molar-refractivity contribution in [2.75, 3.05) is 32.6 Å². The molecule has 0 aromatic heterocycles. The van der Waals surface area contributed by atoms with Crippen LogP contribution in [0.4, 0.5) is 5.69 Å². The molecule has 4 nitrogen and oxygen atoms in total. The van der Waals surface area contributed by atoms with Gasteiger partial charge in [0.05, 0.1) is 24.9 Å². The van der Waals surface area contributed by atoms with Gasteiger partial charge in [-0.2, -0.15) is 0 Å². The Morgan fingerprint density at radius 2 is 1.80 bits per heavy atom. The highest BCUT2D eigenvalue weighted by Crippen LogP contribution is 2.36. The first kappa shape index (κ1) is 15.2. The number of hydrogen-bond donors (Lipinski definition) is 1. The quantitative estimate of drug-likeness (QED) is 0.863. The van der Waals surface area contributed by atoms with Gasteiger partial charge in [0.25, 0.3) is 0 Å². The molecule has 0 spiro atoms. The maximum atomic E-state index is 6.09. The molecule has 6 heteroatoms. The summed E-state index contributed by atoms with van der Waals surface area (Å²) in [6, 6.07) is 3.53. The fraction of sp³-hybridized carbons (Fsp3) is 0.500. The number of ether oxygens (including phenoxy) is 2. The smallest absolute Gasteiger partial charge is 0.173 e. The van der Waals surface area contributed by atoms with E-state index in [9.17, 15) is 0 Å². The molecule has 0 bridgehead atoms. The van der Waals surface area contributed by atoms with Gasteiger partial charge in [0.1, 0.15) is 11.5 Å². The third-order valence-corrected chi connectivity index (χ3v) is 4.01. The number of nitrogens with one attached hydrogen (secondary N) is 1. The second-order valence-electron chi connectivity index (χ2n) is 4.66. The summed E-state index contributed by atoms with van der Waals surface area (Å²) in [5.41, 5.74) is 0.768. The van der Waals surface area contributed by atoms with E-state index in [0.29, 0.717) is 21.6 Å². The topological polar surface area (TPSA) is 33.7 Å². The minimum absolute atomic E-state index is 0.513. The molecule has 1 aromatic carbocycles. The lowest BCUT2D eigenvalue weighted by atomic mass is 10.1. The van der Waals surface area contributed by atoms with E-state index < -0.39 is 0 Å². The minimum atomic E-state index is 0.513. The molecule has 0 unspecified atom stereocenters. The van der Waals surface area contributed by atoms with Gasteiger partial charge in [-0.3, -0.25) is 0 Å². The zero-order valence-corrected chi connectivity index (χ0v) is 13.3. The number of hydrogen-bond acceptors (Lipinski definition) is 3. The highest BCUT2D eigenvalue weighted by atomic mass is 35.5. The summed E-state index contributed by atoms with van der Waals surface area (Å²) in [4.78, 5) is 2.18. The Morgan fingerprint density at radius 3 is 2.40 bits per heavy atom. The Hall–Kier alpha value is -1.20. The summed E-state index contributed by atoms with van der Waals surface area (Å²) in [5, 5.41) is 4.45. The number of anilines is 1. The molecule has 20 heavy (non-hydrogen) atoms. The van der Waals surface area contributed by atoms with E-state index in [4.69, 9.17) is 33.3 Å². The summed E-state index contributed by atoms with van der Waals surface area (Å²) in [6.07, 6.45) is 3.64. The minimum Gasteiger partial charge on any atom is -0.495 e. The van der Waals surface area contributed by atoms with Crippen molar-refractivity contribution < 1.29 is 9.47 Å². The first-order valence-electron chi connectivity index (χ1n) is 6.63. The number of thiocarbonyl (C=S) groups is 1. The van der Waals surface area contributed by atoms with Crippen molar-refractivity contribution >= 4 is 34.6 Å². The molecule has 0 amide bonds. The lowest BCUT2D eigenvalue weighted by Gasteiger charge is -2.29. The fourth-order valence-corrected chi connectivity index (χ4v) is 2.77. The molecular weight excluding hydrogens is 296 g/mol. The maximum Gasteiger partial charge on any atom is 0.173 e. The van der Waals surface area contributed by atoms with Gasteiger partial charge in [-0.25, -0.2) is 0 Å². The zero-order valence-electron chi connectivity index (χ0n) is 11.7. The molecule has 1 heterocycles. The summed E-state index contributed by atoms with van der Waals surface area (Å²) in [6.45, 7) is 2.00. The average molecular weight is 315 g/mol. The largest absolute Gasteiger partial charge is 0.495 e. The standard InChI is InChI=1S/C14H19ClN2O2S/c1-18-12-9-11(13(19-2)8-10(12)15)16-14(20)17-6-4-3-5-7-17/h8-9H,3-7H2,1-2H3,(H,16,20). The summed E-state index contributed by atoms with van der Waals surface area (Å²) >= 11 is 11.6. The van der Waals surface area contributed by atoms with Gasteiger partial charge in [0.15, 0.2) is 5.11 Å². The van der Waals surface area contributed by atoms with Crippen LogP contribution in [-0.4, -0.2) is 37.3 Å². The van der Waals surface area contributed by atoms with Gasteiger partial charge in [0.2, 0.25) is 0 Å². The van der Waals surface area contributed by atoms with E-state index in [1.807, 2.05) is 0 Å². The lowest BCUT2D eigenvalue weighted by Crippen LogP contribution is -2.38. The Kier molecular flexibility index (Phi) is 5.31. The molecule has 1 saturated heterocycles. The predicted molar refractivity (Wildman–Crippen MR) is 86.2 cm³/mol. The molecular formula is C14H19ClN2O2S. The first-order chi connectivity index (χ1) is 9.65. The van der Waals surface area contributed by atoms with Crippen LogP contribution in [-0.2, 0) is 0 Å². The normalized spacial score (nSPS) is 14.8. The van der Waals surface area contributed by atoms with Crippen molar-refractivity contribution in [3.63, 3.8) is 0 Å². The third kappa shape index (κ3) is 3.46. The van der Waals surface area contributed by atoms with Crippen LogP contribution in [0.2, 0.25) is 5.02 Å². The van der Waals surface area contributed by atoms with Gasteiger partial charge in [-0.15, -0.1) is 0 Å².